The molecule has 0 radical (unpaired) electrons. The van der Waals surface area contributed by atoms with Crippen LogP contribution in [-0.2, 0) is 4.79 Å². The number of amides is 2. The van der Waals surface area contributed by atoms with Crippen LogP contribution >= 0.6 is 0 Å². The maximum Gasteiger partial charge on any atom is 0.329 e. The van der Waals surface area contributed by atoms with Gasteiger partial charge in [0.15, 0.2) is 0 Å². The minimum absolute atomic E-state index is 0.207. The first-order valence-electron chi connectivity index (χ1n) is 7.23. The zero-order chi connectivity index (χ0) is 14.0. The topological polar surface area (TPSA) is 69.6 Å². The maximum atomic E-state index is 12.2. The molecule has 0 aromatic carbocycles. The van der Waals surface area contributed by atoms with Crippen molar-refractivity contribution in [1.29, 1.82) is 0 Å². The summed E-state index contributed by atoms with van der Waals surface area (Å²) in [6, 6.07) is -0.207. The van der Waals surface area contributed by atoms with Crippen molar-refractivity contribution < 1.29 is 14.7 Å². The van der Waals surface area contributed by atoms with Crippen molar-refractivity contribution >= 4 is 12.0 Å². The molecule has 0 aromatic rings. The smallest absolute Gasteiger partial charge is 0.329 e. The predicted octanol–water partition coefficient (Wildman–Crippen LogP) is 2.07. The number of nitrogens with zero attached hydrogens (tertiary/aromatic N) is 1. The van der Waals surface area contributed by atoms with Gasteiger partial charge >= 0.3 is 12.0 Å². The first-order valence-corrected chi connectivity index (χ1v) is 7.23. The zero-order valence-corrected chi connectivity index (χ0v) is 11.8. The molecule has 5 heteroatoms. The van der Waals surface area contributed by atoms with Gasteiger partial charge in [0.2, 0.25) is 0 Å². The van der Waals surface area contributed by atoms with Crippen molar-refractivity contribution in [3.63, 3.8) is 0 Å². The van der Waals surface area contributed by atoms with E-state index >= 15 is 0 Å². The number of carboxylic acid groups (broad SMARTS) is 1. The molecular weight excluding hydrogens is 244 g/mol. The van der Waals surface area contributed by atoms with E-state index in [9.17, 15) is 14.7 Å². The van der Waals surface area contributed by atoms with Gasteiger partial charge in [-0.05, 0) is 43.9 Å². The van der Waals surface area contributed by atoms with Crippen molar-refractivity contribution in [2.45, 2.75) is 51.5 Å². The Hall–Kier alpha value is -1.26. The summed E-state index contributed by atoms with van der Waals surface area (Å²) >= 11 is 0. The Balaban J connectivity index is 2.01. The van der Waals surface area contributed by atoms with Crippen LogP contribution in [0.3, 0.4) is 0 Å². The lowest BCUT2D eigenvalue weighted by Gasteiger charge is -2.37. The van der Waals surface area contributed by atoms with Crippen LogP contribution in [0.15, 0.2) is 0 Å². The van der Waals surface area contributed by atoms with Crippen molar-refractivity contribution in [1.82, 2.24) is 10.2 Å². The fourth-order valence-electron chi connectivity index (χ4n) is 3.05. The highest BCUT2D eigenvalue weighted by molar-refractivity contribution is 5.86. The van der Waals surface area contributed by atoms with E-state index in [1.807, 2.05) is 0 Å². The summed E-state index contributed by atoms with van der Waals surface area (Å²) in [5.74, 6) is 0.175. The molecule has 2 fully saturated rings. The number of nitrogens with one attached hydrogen (secondary N) is 1. The van der Waals surface area contributed by atoms with Gasteiger partial charge in [0, 0.05) is 13.1 Å². The molecule has 2 N–H and O–H groups in total. The van der Waals surface area contributed by atoms with Crippen LogP contribution in [-0.4, -0.2) is 40.6 Å². The van der Waals surface area contributed by atoms with E-state index in [1.165, 1.54) is 0 Å². The van der Waals surface area contributed by atoms with Crippen LogP contribution in [0.2, 0.25) is 0 Å². The van der Waals surface area contributed by atoms with E-state index in [4.69, 9.17) is 0 Å². The monoisotopic (exact) mass is 268 g/mol. The summed E-state index contributed by atoms with van der Waals surface area (Å²) in [6.07, 6.45) is 3.81. The Labute approximate surface area is 114 Å². The molecule has 1 unspecified atom stereocenters. The fraction of sp³-hybridized carbons (Fsp3) is 0.857. The molecule has 0 spiro atoms. The molecular formula is C14H24N2O3. The second-order valence-corrected chi connectivity index (χ2v) is 6.34. The van der Waals surface area contributed by atoms with E-state index in [-0.39, 0.29) is 6.03 Å². The van der Waals surface area contributed by atoms with Gasteiger partial charge < -0.3 is 15.3 Å². The number of carbonyl (C=O) groups is 2. The quantitative estimate of drug-likeness (QED) is 0.805. The largest absolute Gasteiger partial charge is 0.480 e. The number of hydrogen-bond donors (Lipinski definition) is 2. The Bertz CT molecular complexity index is 362. The summed E-state index contributed by atoms with van der Waals surface area (Å²) in [5.41, 5.74) is -1.05. The number of aliphatic carboxylic acids is 1. The predicted molar refractivity (Wildman–Crippen MR) is 71.9 cm³/mol. The molecule has 2 aliphatic rings. The number of likely N-dealkylation sites (tertiary alicyclic amines) is 1. The second kappa shape index (κ2) is 5.39. The van der Waals surface area contributed by atoms with Crippen LogP contribution in [0.5, 0.6) is 0 Å². The van der Waals surface area contributed by atoms with Gasteiger partial charge in [0.05, 0.1) is 0 Å². The van der Waals surface area contributed by atoms with Gasteiger partial charge in [-0.25, -0.2) is 9.59 Å². The summed E-state index contributed by atoms with van der Waals surface area (Å²) in [7, 11) is 0. The van der Waals surface area contributed by atoms with Gasteiger partial charge in [-0.1, -0.05) is 13.8 Å². The average molecular weight is 268 g/mol. The van der Waals surface area contributed by atoms with Crippen molar-refractivity contribution in [3.8, 4) is 0 Å². The molecule has 1 aliphatic heterocycles. The summed E-state index contributed by atoms with van der Waals surface area (Å²) in [4.78, 5) is 25.5. The molecule has 5 nitrogen and oxygen atoms in total. The van der Waals surface area contributed by atoms with E-state index < -0.39 is 11.5 Å². The normalized spacial score (nSPS) is 35.2. The standard InChI is InChI=1S/C14H24N2O3/c1-10-3-6-14(7-4-10,12(17)18)15-13(19)16-8-5-11(2)9-16/h10-11H,3-9H2,1-2H3,(H,15,19)(H,17,18). The van der Waals surface area contributed by atoms with Crippen LogP contribution in [0.1, 0.15) is 46.0 Å². The molecule has 0 aromatic heterocycles. The zero-order valence-electron chi connectivity index (χ0n) is 11.8. The number of rotatable bonds is 2. The van der Waals surface area contributed by atoms with Gasteiger partial charge in [-0.15, -0.1) is 0 Å². The highest BCUT2D eigenvalue weighted by atomic mass is 16.4. The first-order chi connectivity index (χ1) is 8.93. The third-order valence-corrected chi connectivity index (χ3v) is 4.59. The summed E-state index contributed by atoms with van der Waals surface area (Å²) in [6.45, 7) is 5.72. The van der Waals surface area contributed by atoms with Gasteiger partial charge in [-0.2, -0.15) is 0 Å². The molecule has 0 bridgehead atoms. The van der Waals surface area contributed by atoms with E-state index in [0.29, 0.717) is 24.7 Å². The van der Waals surface area contributed by atoms with Crippen LogP contribution < -0.4 is 5.32 Å². The third-order valence-electron chi connectivity index (χ3n) is 4.59. The Kier molecular flexibility index (Phi) is 4.02. The van der Waals surface area contributed by atoms with Crippen molar-refractivity contribution in [2.24, 2.45) is 11.8 Å². The van der Waals surface area contributed by atoms with E-state index in [2.05, 4.69) is 19.2 Å². The molecule has 1 heterocycles. The lowest BCUT2D eigenvalue weighted by Crippen LogP contribution is -2.59. The summed E-state index contributed by atoms with van der Waals surface area (Å²) < 4.78 is 0. The molecule has 1 aliphatic carbocycles. The first kappa shape index (κ1) is 14.2. The lowest BCUT2D eigenvalue weighted by atomic mass is 9.77. The van der Waals surface area contributed by atoms with Crippen molar-refractivity contribution in [2.75, 3.05) is 13.1 Å². The fourth-order valence-corrected chi connectivity index (χ4v) is 3.05. The molecule has 108 valence electrons. The SMILES string of the molecule is CC1CCC(NC(=O)N2CCC(C)C2)(C(=O)O)CC1. The third kappa shape index (κ3) is 3.01. The maximum absolute atomic E-state index is 12.2. The minimum Gasteiger partial charge on any atom is -0.480 e. The average Bonchev–Trinajstić information content (AvgIpc) is 2.79. The molecule has 1 saturated heterocycles. The molecule has 2 amide bonds. The lowest BCUT2D eigenvalue weighted by molar-refractivity contribution is -0.146. The summed E-state index contributed by atoms with van der Waals surface area (Å²) in [5, 5.41) is 12.3. The molecule has 1 saturated carbocycles. The van der Waals surface area contributed by atoms with Gasteiger partial charge in [-0.3, -0.25) is 0 Å². The molecule has 1 atom stereocenters. The van der Waals surface area contributed by atoms with Crippen molar-refractivity contribution in [3.05, 3.63) is 0 Å². The second-order valence-electron chi connectivity index (χ2n) is 6.34. The number of hydrogen-bond acceptors (Lipinski definition) is 2. The Morgan fingerprint density at radius 3 is 2.26 bits per heavy atom. The van der Waals surface area contributed by atoms with Crippen LogP contribution in [0.25, 0.3) is 0 Å². The van der Waals surface area contributed by atoms with Crippen LogP contribution in [0.4, 0.5) is 4.79 Å². The highest BCUT2D eigenvalue weighted by Crippen LogP contribution is 2.32. The number of carbonyl (C=O) groups excluding carboxylic acids is 1. The Morgan fingerprint density at radius 1 is 1.16 bits per heavy atom. The highest BCUT2D eigenvalue weighted by Gasteiger charge is 2.43. The number of urea groups is 1. The van der Waals surface area contributed by atoms with E-state index in [0.717, 1.165) is 32.4 Å². The van der Waals surface area contributed by atoms with Crippen LogP contribution in [0, 0.1) is 11.8 Å². The van der Waals surface area contributed by atoms with E-state index in [1.54, 1.807) is 4.90 Å². The van der Waals surface area contributed by atoms with Gasteiger partial charge in [0.1, 0.15) is 5.54 Å². The molecule has 19 heavy (non-hydrogen) atoms. The minimum atomic E-state index is -1.05. The van der Waals surface area contributed by atoms with Gasteiger partial charge in [0.25, 0.3) is 0 Å². The molecule has 2 rings (SSSR count). The Morgan fingerprint density at radius 2 is 1.79 bits per heavy atom. The number of carboxylic acids is 1.